The molecule has 0 atom stereocenters. The van der Waals surface area contributed by atoms with E-state index in [1.54, 1.807) is 24.3 Å². The first-order valence-electron chi connectivity index (χ1n) is 9.11. The number of fused-ring (bicyclic) bond motifs is 1. The first-order chi connectivity index (χ1) is 13.6. The number of ketones is 1. The molecule has 1 N–H and O–H groups in total. The normalized spacial score (nSPS) is 10.5. The minimum Gasteiger partial charge on any atom is -0.456 e. The van der Waals surface area contributed by atoms with Crippen LogP contribution in [-0.4, -0.2) is 30.8 Å². The van der Waals surface area contributed by atoms with E-state index < -0.39 is 5.97 Å². The molecule has 3 rings (SSSR count). The zero-order chi connectivity index (χ0) is 19.9. The summed E-state index contributed by atoms with van der Waals surface area (Å²) in [7, 11) is 0. The van der Waals surface area contributed by atoms with E-state index in [1.165, 1.54) is 0 Å². The molecule has 0 fully saturated rings. The number of hydrogen-bond donors (Lipinski definition) is 1. The van der Waals surface area contributed by atoms with Gasteiger partial charge in [-0.1, -0.05) is 61.5 Å². The summed E-state index contributed by atoms with van der Waals surface area (Å²) in [4.78, 5) is 36.1. The zero-order valence-corrected chi connectivity index (χ0v) is 15.6. The van der Waals surface area contributed by atoms with Gasteiger partial charge in [0.25, 0.3) is 5.91 Å². The van der Waals surface area contributed by atoms with Gasteiger partial charge < -0.3 is 10.1 Å². The van der Waals surface area contributed by atoms with Crippen molar-refractivity contribution >= 4 is 28.4 Å². The third-order valence-electron chi connectivity index (χ3n) is 4.45. The molecule has 0 aromatic heterocycles. The van der Waals surface area contributed by atoms with Crippen LogP contribution in [0.3, 0.4) is 0 Å². The van der Waals surface area contributed by atoms with E-state index >= 15 is 0 Å². The van der Waals surface area contributed by atoms with E-state index in [0.717, 1.165) is 22.8 Å². The van der Waals surface area contributed by atoms with Gasteiger partial charge in [0.05, 0.1) is 0 Å². The SMILES string of the molecule is CCc1ccc(C(=O)COC(=O)CNC(=O)c2ccc3ccccc3c2)cc1. The van der Waals surface area contributed by atoms with E-state index in [1.807, 2.05) is 49.4 Å². The maximum Gasteiger partial charge on any atom is 0.325 e. The van der Waals surface area contributed by atoms with Gasteiger partial charge in [0, 0.05) is 11.1 Å². The second kappa shape index (κ2) is 8.95. The maximum atomic E-state index is 12.2. The average molecular weight is 375 g/mol. The van der Waals surface area contributed by atoms with Crippen LogP contribution in [0.4, 0.5) is 0 Å². The van der Waals surface area contributed by atoms with Crippen molar-refractivity contribution in [1.82, 2.24) is 5.32 Å². The number of aryl methyl sites for hydroxylation is 1. The summed E-state index contributed by atoms with van der Waals surface area (Å²) in [6, 6.07) is 20.2. The van der Waals surface area contributed by atoms with E-state index in [9.17, 15) is 14.4 Å². The Labute approximate surface area is 163 Å². The summed E-state index contributed by atoms with van der Waals surface area (Å²) in [6.07, 6.45) is 0.889. The molecule has 5 nitrogen and oxygen atoms in total. The molecular formula is C23H21NO4. The maximum absolute atomic E-state index is 12.2. The molecule has 0 heterocycles. The Bertz CT molecular complexity index is 1010. The summed E-state index contributed by atoms with van der Waals surface area (Å²) in [5.41, 5.74) is 2.08. The topological polar surface area (TPSA) is 72.5 Å². The largest absolute Gasteiger partial charge is 0.456 e. The van der Waals surface area contributed by atoms with Crippen LogP contribution >= 0.6 is 0 Å². The minimum atomic E-state index is -0.660. The number of carbonyl (C=O) groups is 3. The highest BCUT2D eigenvalue weighted by molar-refractivity contribution is 6.00. The Morgan fingerprint density at radius 1 is 0.857 bits per heavy atom. The molecule has 0 radical (unpaired) electrons. The van der Waals surface area contributed by atoms with Gasteiger partial charge in [-0.05, 0) is 34.9 Å². The molecular weight excluding hydrogens is 354 g/mol. The molecule has 0 saturated heterocycles. The second-order valence-electron chi connectivity index (χ2n) is 6.38. The number of benzene rings is 3. The fourth-order valence-corrected chi connectivity index (χ4v) is 2.79. The average Bonchev–Trinajstić information content (AvgIpc) is 2.75. The number of hydrogen-bond acceptors (Lipinski definition) is 4. The number of carbonyl (C=O) groups excluding carboxylic acids is 3. The monoisotopic (exact) mass is 375 g/mol. The third-order valence-corrected chi connectivity index (χ3v) is 4.45. The fourth-order valence-electron chi connectivity index (χ4n) is 2.79. The number of amides is 1. The highest BCUT2D eigenvalue weighted by atomic mass is 16.5. The van der Waals surface area contributed by atoms with E-state index in [4.69, 9.17) is 4.74 Å². The molecule has 5 heteroatoms. The van der Waals surface area contributed by atoms with Crippen LogP contribution in [-0.2, 0) is 16.0 Å². The van der Waals surface area contributed by atoms with E-state index in [0.29, 0.717) is 11.1 Å². The van der Waals surface area contributed by atoms with Crippen LogP contribution in [0.5, 0.6) is 0 Å². The van der Waals surface area contributed by atoms with Crippen LogP contribution in [0.1, 0.15) is 33.2 Å². The van der Waals surface area contributed by atoms with Gasteiger partial charge in [0.2, 0.25) is 0 Å². The Hall–Kier alpha value is -3.47. The van der Waals surface area contributed by atoms with Gasteiger partial charge in [-0.25, -0.2) is 0 Å². The molecule has 0 bridgehead atoms. The van der Waals surface area contributed by atoms with Crippen LogP contribution in [0, 0.1) is 0 Å². The van der Waals surface area contributed by atoms with Crippen molar-refractivity contribution in [2.75, 3.05) is 13.2 Å². The Balaban J connectivity index is 1.48. The van der Waals surface area contributed by atoms with Crippen LogP contribution in [0.2, 0.25) is 0 Å². The lowest BCUT2D eigenvalue weighted by atomic mass is 10.1. The summed E-state index contributed by atoms with van der Waals surface area (Å²) < 4.78 is 4.97. The van der Waals surface area contributed by atoms with Crippen molar-refractivity contribution in [2.24, 2.45) is 0 Å². The molecule has 3 aromatic carbocycles. The molecule has 0 aliphatic carbocycles. The van der Waals surface area contributed by atoms with Crippen LogP contribution in [0.15, 0.2) is 66.7 Å². The molecule has 142 valence electrons. The van der Waals surface area contributed by atoms with Gasteiger partial charge in [-0.2, -0.15) is 0 Å². The summed E-state index contributed by atoms with van der Waals surface area (Å²) in [6.45, 7) is 1.38. The quantitative estimate of drug-likeness (QED) is 0.506. The number of nitrogens with one attached hydrogen (secondary N) is 1. The number of esters is 1. The number of Topliss-reactive ketones (excluding diaryl/α,β-unsaturated/α-hetero) is 1. The Kier molecular flexibility index (Phi) is 6.17. The first-order valence-corrected chi connectivity index (χ1v) is 9.11. The Morgan fingerprint density at radius 2 is 1.54 bits per heavy atom. The van der Waals surface area contributed by atoms with Crippen molar-refractivity contribution in [3.05, 3.63) is 83.4 Å². The predicted octanol–water partition coefficient (Wildman–Crippen LogP) is 3.56. The Morgan fingerprint density at radius 3 is 2.25 bits per heavy atom. The second-order valence-corrected chi connectivity index (χ2v) is 6.38. The number of ether oxygens (including phenoxy) is 1. The van der Waals surface area contributed by atoms with Gasteiger partial charge in [-0.3, -0.25) is 14.4 Å². The van der Waals surface area contributed by atoms with Crippen LogP contribution in [0.25, 0.3) is 10.8 Å². The standard InChI is InChI=1S/C23H21NO4/c1-2-16-7-9-18(10-8-16)21(25)15-28-22(26)14-24-23(27)20-12-11-17-5-3-4-6-19(17)13-20/h3-13H,2,14-15H2,1H3,(H,24,27). The van der Waals surface area contributed by atoms with Crippen molar-refractivity contribution in [3.8, 4) is 0 Å². The van der Waals surface area contributed by atoms with Crippen molar-refractivity contribution in [2.45, 2.75) is 13.3 Å². The third kappa shape index (κ3) is 4.82. The molecule has 1 amide bonds. The molecule has 0 saturated carbocycles. The van der Waals surface area contributed by atoms with Gasteiger partial charge in [0.1, 0.15) is 6.54 Å². The highest BCUT2D eigenvalue weighted by Crippen LogP contribution is 2.15. The zero-order valence-electron chi connectivity index (χ0n) is 15.6. The molecule has 0 aliphatic heterocycles. The van der Waals surface area contributed by atoms with Crippen molar-refractivity contribution in [1.29, 1.82) is 0 Å². The molecule has 0 unspecified atom stereocenters. The smallest absolute Gasteiger partial charge is 0.325 e. The molecule has 0 aliphatic rings. The number of rotatable bonds is 7. The molecule has 28 heavy (non-hydrogen) atoms. The summed E-state index contributed by atoms with van der Waals surface area (Å²) in [5, 5.41) is 4.49. The molecule has 0 spiro atoms. The fraction of sp³-hybridized carbons (Fsp3) is 0.174. The first kappa shape index (κ1) is 19.3. The van der Waals surface area contributed by atoms with Gasteiger partial charge in [0.15, 0.2) is 12.4 Å². The minimum absolute atomic E-state index is 0.281. The lowest BCUT2D eigenvalue weighted by Gasteiger charge is -2.07. The highest BCUT2D eigenvalue weighted by Gasteiger charge is 2.12. The molecule has 3 aromatic rings. The van der Waals surface area contributed by atoms with E-state index in [-0.39, 0.29) is 24.8 Å². The predicted molar refractivity (Wildman–Crippen MR) is 107 cm³/mol. The van der Waals surface area contributed by atoms with Gasteiger partial charge >= 0.3 is 5.97 Å². The van der Waals surface area contributed by atoms with Crippen LogP contribution < -0.4 is 5.32 Å². The summed E-state index contributed by atoms with van der Waals surface area (Å²) >= 11 is 0. The van der Waals surface area contributed by atoms with Crippen molar-refractivity contribution < 1.29 is 19.1 Å². The van der Waals surface area contributed by atoms with Gasteiger partial charge in [-0.15, -0.1) is 0 Å². The lowest BCUT2D eigenvalue weighted by molar-refractivity contribution is -0.141. The summed E-state index contributed by atoms with van der Waals surface area (Å²) in [5.74, 6) is -1.31. The lowest BCUT2D eigenvalue weighted by Crippen LogP contribution is -2.31. The van der Waals surface area contributed by atoms with Crippen molar-refractivity contribution in [3.63, 3.8) is 0 Å². The van der Waals surface area contributed by atoms with E-state index in [2.05, 4.69) is 5.32 Å².